The standard InChI is InChI=1S/C19H21NO4S/c1-23-18(21)17(14-25-13-16-10-6-3-7-11-16)20-19(22)24-12-15-8-4-2-5-9-15/h2-11,17H,12-14H2,1H3,(H,20,22). The molecule has 5 nitrogen and oxygen atoms in total. The molecule has 0 fully saturated rings. The van der Waals surface area contributed by atoms with Crippen molar-refractivity contribution in [3.63, 3.8) is 0 Å². The van der Waals surface area contributed by atoms with Crippen LogP contribution in [0.5, 0.6) is 0 Å². The van der Waals surface area contributed by atoms with E-state index in [0.717, 1.165) is 16.9 Å². The molecule has 0 saturated heterocycles. The Morgan fingerprint density at radius 3 is 2.20 bits per heavy atom. The number of nitrogens with one attached hydrogen (secondary N) is 1. The summed E-state index contributed by atoms with van der Waals surface area (Å²) in [7, 11) is 1.30. The number of methoxy groups -OCH3 is 1. The molecule has 0 aromatic heterocycles. The Bertz CT molecular complexity index is 664. The molecule has 1 N–H and O–H groups in total. The van der Waals surface area contributed by atoms with Crippen molar-refractivity contribution < 1.29 is 19.1 Å². The fourth-order valence-electron chi connectivity index (χ4n) is 2.09. The molecule has 0 aliphatic heterocycles. The van der Waals surface area contributed by atoms with Crippen LogP contribution in [0.2, 0.25) is 0 Å². The van der Waals surface area contributed by atoms with Gasteiger partial charge in [-0.1, -0.05) is 60.7 Å². The number of alkyl carbamates (subject to hydrolysis) is 1. The first kappa shape index (κ1) is 18.9. The molecule has 0 aliphatic carbocycles. The van der Waals surface area contributed by atoms with Gasteiger partial charge in [-0.3, -0.25) is 0 Å². The Balaban J connectivity index is 1.80. The quantitative estimate of drug-likeness (QED) is 0.732. The van der Waals surface area contributed by atoms with E-state index in [1.165, 1.54) is 7.11 Å². The van der Waals surface area contributed by atoms with Gasteiger partial charge in [-0.15, -0.1) is 0 Å². The second-order valence-corrected chi connectivity index (χ2v) is 6.31. The summed E-state index contributed by atoms with van der Waals surface area (Å²) in [5, 5.41) is 2.57. The lowest BCUT2D eigenvalue weighted by molar-refractivity contribution is -0.142. The van der Waals surface area contributed by atoms with Crippen LogP contribution in [-0.2, 0) is 26.6 Å². The summed E-state index contributed by atoms with van der Waals surface area (Å²) in [4.78, 5) is 23.8. The molecule has 1 amide bonds. The molecule has 0 bridgehead atoms. The molecule has 2 rings (SSSR count). The van der Waals surface area contributed by atoms with Crippen LogP contribution in [0.15, 0.2) is 60.7 Å². The molecule has 1 unspecified atom stereocenters. The fourth-order valence-corrected chi connectivity index (χ4v) is 3.09. The highest BCUT2D eigenvalue weighted by Crippen LogP contribution is 2.13. The first-order valence-electron chi connectivity index (χ1n) is 7.85. The molecule has 0 spiro atoms. The van der Waals surface area contributed by atoms with Gasteiger partial charge in [-0.25, -0.2) is 9.59 Å². The van der Waals surface area contributed by atoms with Gasteiger partial charge in [0, 0.05) is 11.5 Å². The highest BCUT2D eigenvalue weighted by atomic mass is 32.2. The van der Waals surface area contributed by atoms with Gasteiger partial charge in [-0.2, -0.15) is 11.8 Å². The first-order chi connectivity index (χ1) is 12.2. The number of carbonyl (C=O) groups is 2. The number of hydrogen-bond acceptors (Lipinski definition) is 5. The van der Waals surface area contributed by atoms with Crippen molar-refractivity contribution in [2.24, 2.45) is 0 Å². The first-order valence-corrected chi connectivity index (χ1v) is 9.01. The van der Waals surface area contributed by atoms with Crippen LogP contribution < -0.4 is 5.32 Å². The molecule has 132 valence electrons. The van der Waals surface area contributed by atoms with E-state index in [1.54, 1.807) is 11.8 Å². The van der Waals surface area contributed by atoms with Gasteiger partial charge in [0.25, 0.3) is 0 Å². The van der Waals surface area contributed by atoms with Crippen molar-refractivity contribution in [1.29, 1.82) is 0 Å². The van der Waals surface area contributed by atoms with E-state index in [-0.39, 0.29) is 6.61 Å². The lowest BCUT2D eigenvalue weighted by Crippen LogP contribution is -2.43. The highest BCUT2D eigenvalue weighted by molar-refractivity contribution is 7.98. The third-order valence-electron chi connectivity index (χ3n) is 3.39. The molecule has 0 aliphatic rings. The number of benzene rings is 2. The number of carbonyl (C=O) groups excluding carboxylic acids is 2. The minimum Gasteiger partial charge on any atom is -0.467 e. The van der Waals surface area contributed by atoms with Crippen LogP contribution in [0.25, 0.3) is 0 Å². The topological polar surface area (TPSA) is 64.6 Å². The van der Waals surface area contributed by atoms with Crippen LogP contribution in [0.4, 0.5) is 4.79 Å². The monoisotopic (exact) mass is 359 g/mol. The summed E-state index contributed by atoms with van der Waals surface area (Å²) in [5.41, 5.74) is 2.04. The fraction of sp³-hybridized carbons (Fsp3) is 0.263. The third kappa shape index (κ3) is 6.89. The van der Waals surface area contributed by atoms with Crippen LogP contribution >= 0.6 is 11.8 Å². The van der Waals surface area contributed by atoms with E-state index in [0.29, 0.717) is 5.75 Å². The molecule has 0 radical (unpaired) electrons. The largest absolute Gasteiger partial charge is 0.467 e. The molecule has 6 heteroatoms. The van der Waals surface area contributed by atoms with Crippen LogP contribution in [0, 0.1) is 0 Å². The van der Waals surface area contributed by atoms with Gasteiger partial charge in [0.2, 0.25) is 0 Å². The summed E-state index contributed by atoms with van der Waals surface area (Å²) in [6.45, 7) is 0.151. The van der Waals surface area contributed by atoms with E-state index in [4.69, 9.17) is 9.47 Å². The number of thioether (sulfide) groups is 1. The number of ether oxygens (including phenoxy) is 2. The minimum atomic E-state index is -0.748. The summed E-state index contributed by atoms with van der Waals surface area (Å²) in [6.07, 6.45) is -0.639. The van der Waals surface area contributed by atoms with Crippen LogP contribution in [0.3, 0.4) is 0 Å². The zero-order chi connectivity index (χ0) is 17.9. The minimum absolute atomic E-state index is 0.151. The molecule has 2 aromatic rings. The smallest absolute Gasteiger partial charge is 0.408 e. The van der Waals surface area contributed by atoms with E-state index < -0.39 is 18.1 Å². The number of esters is 1. The second-order valence-electron chi connectivity index (χ2n) is 5.28. The predicted molar refractivity (Wildman–Crippen MR) is 98.2 cm³/mol. The second kappa shape index (κ2) is 10.4. The summed E-state index contributed by atoms with van der Waals surface area (Å²) < 4.78 is 9.91. The van der Waals surface area contributed by atoms with Crippen LogP contribution in [0.1, 0.15) is 11.1 Å². The molecule has 25 heavy (non-hydrogen) atoms. The molecule has 1 atom stereocenters. The maximum Gasteiger partial charge on any atom is 0.408 e. The van der Waals surface area contributed by atoms with Crippen molar-refractivity contribution in [2.75, 3.05) is 12.9 Å². The Hall–Kier alpha value is -2.47. The average molecular weight is 359 g/mol. The molecule has 2 aromatic carbocycles. The van der Waals surface area contributed by atoms with E-state index >= 15 is 0 Å². The summed E-state index contributed by atoms with van der Waals surface area (Å²) >= 11 is 1.54. The van der Waals surface area contributed by atoms with Crippen molar-refractivity contribution in [2.45, 2.75) is 18.4 Å². The van der Waals surface area contributed by atoms with Gasteiger partial charge in [0.1, 0.15) is 12.6 Å². The van der Waals surface area contributed by atoms with Gasteiger partial charge < -0.3 is 14.8 Å². The Labute approximate surface area is 151 Å². The molecular weight excluding hydrogens is 338 g/mol. The van der Waals surface area contributed by atoms with Crippen molar-refractivity contribution in [1.82, 2.24) is 5.32 Å². The van der Waals surface area contributed by atoms with Crippen molar-refractivity contribution >= 4 is 23.8 Å². The Kier molecular flexibility index (Phi) is 7.85. The zero-order valence-corrected chi connectivity index (χ0v) is 14.8. The summed E-state index contributed by atoms with van der Waals surface area (Å²) in [6, 6.07) is 18.5. The number of rotatable bonds is 8. The van der Waals surface area contributed by atoms with Crippen molar-refractivity contribution in [3.05, 3.63) is 71.8 Å². The van der Waals surface area contributed by atoms with E-state index in [1.807, 2.05) is 60.7 Å². The number of amides is 1. The summed E-state index contributed by atoms with van der Waals surface area (Å²) in [5.74, 6) is 0.661. The van der Waals surface area contributed by atoms with Gasteiger partial charge in [0.15, 0.2) is 0 Å². The normalized spacial score (nSPS) is 11.4. The average Bonchev–Trinajstić information content (AvgIpc) is 2.66. The molecule has 0 saturated carbocycles. The molecule has 0 heterocycles. The SMILES string of the molecule is COC(=O)C(CSCc1ccccc1)NC(=O)OCc1ccccc1. The Morgan fingerprint density at radius 2 is 1.60 bits per heavy atom. The molecular formula is C19H21NO4S. The highest BCUT2D eigenvalue weighted by Gasteiger charge is 2.22. The van der Waals surface area contributed by atoms with Gasteiger partial charge in [0.05, 0.1) is 7.11 Å². The maximum absolute atomic E-state index is 11.9. The van der Waals surface area contributed by atoms with Crippen molar-refractivity contribution in [3.8, 4) is 0 Å². The predicted octanol–water partition coefficient (Wildman–Crippen LogP) is 3.39. The Morgan fingerprint density at radius 1 is 1.00 bits per heavy atom. The van der Waals surface area contributed by atoms with Gasteiger partial charge >= 0.3 is 12.1 Å². The number of hydrogen-bond donors (Lipinski definition) is 1. The van der Waals surface area contributed by atoms with Gasteiger partial charge in [-0.05, 0) is 11.1 Å². The maximum atomic E-state index is 11.9. The zero-order valence-electron chi connectivity index (χ0n) is 14.0. The van der Waals surface area contributed by atoms with Crippen LogP contribution in [-0.4, -0.2) is 31.0 Å². The third-order valence-corrected chi connectivity index (χ3v) is 4.49. The lowest BCUT2D eigenvalue weighted by atomic mass is 10.2. The lowest BCUT2D eigenvalue weighted by Gasteiger charge is -2.16. The van der Waals surface area contributed by atoms with E-state index in [2.05, 4.69) is 5.32 Å². The van der Waals surface area contributed by atoms with E-state index in [9.17, 15) is 9.59 Å².